The van der Waals surface area contributed by atoms with E-state index in [0.29, 0.717) is 16.6 Å². The standard InChI is InChI=1S/C9H12Cl2N2/c1-6(5-12)13-7-2-3-8(10)9(11)4-7/h2-4,6,13H,5,12H2,1H3. The SMILES string of the molecule is CC(CN)Nc1ccc(Cl)c(Cl)c1. The van der Waals surface area contributed by atoms with Crippen molar-refractivity contribution in [2.45, 2.75) is 13.0 Å². The lowest BCUT2D eigenvalue weighted by Gasteiger charge is -2.12. The number of nitrogens with two attached hydrogens (primary N) is 1. The molecule has 1 rings (SSSR count). The summed E-state index contributed by atoms with van der Waals surface area (Å²) < 4.78 is 0. The second kappa shape index (κ2) is 4.70. The average molecular weight is 219 g/mol. The third-order valence-electron chi connectivity index (χ3n) is 1.69. The van der Waals surface area contributed by atoms with Crippen molar-refractivity contribution in [2.75, 3.05) is 11.9 Å². The molecule has 2 nitrogen and oxygen atoms in total. The third-order valence-corrected chi connectivity index (χ3v) is 2.43. The summed E-state index contributed by atoms with van der Waals surface area (Å²) in [5.74, 6) is 0. The van der Waals surface area contributed by atoms with Crippen molar-refractivity contribution in [1.29, 1.82) is 0 Å². The number of hydrogen-bond donors (Lipinski definition) is 2. The summed E-state index contributed by atoms with van der Waals surface area (Å²) in [6, 6.07) is 5.66. The zero-order valence-electron chi connectivity index (χ0n) is 7.35. The molecule has 1 aromatic rings. The fourth-order valence-electron chi connectivity index (χ4n) is 0.929. The van der Waals surface area contributed by atoms with Gasteiger partial charge < -0.3 is 11.1 Å². The maximum Gasteiger partial charge on any atom is 0.0612 e. The van der Waals surface area contributed by atoms with Crippen LogP contribution < -0.4 is 11.1 Å². The number of halogens is 2. The molecule has 0 aliphatic rings. The molecule has 0 bridgehead atoms. The van der Waals surface area contributed by atoms with Crippen LogP contribution in [-0.4, -0.2) is 12.6 Å². The minimum Gasteiger partial charge on any atom is -0.381 e. The second-order valence-corrected chi connectivity index (χ2v) is 3.72. The maximum absolute atomic E-state index is 5.84. The van der Waals surface area contributed by atoms with Crippen LogP contribution in [0.4, 0.5) is 5.69 Å². The zero-order chi connectivity index (χ0) is 9.84. The Labute approximate surface area is 88.0 Å². The minimum atomic E-state index is 0.234. The summed E-state index contributed by atoms with van der Waals surface area (Å²) in [5.41, 5.74) is 6.40. The molecule has 1 unspecified atom stereocenters. The fraction of sp³-hybridized carbons (Fsp3) is 0.333. The smallest absolute Gasteiger partial charge is 0.0612 e. The monoisotopic (exact) mass is 218 g/mol. The molecule has 0 aliphatic heterocycles. The first-order valence-electron chi connectivity index (χ1n) is 4.05. The van der Waals surface area contributed by atoms with Crippen molar-refractivity contribution in [2.24, 2.45) is 5.73 Å². The van der Waals surface area contributed by atoms with Crippen LogP contribution >= 0.6 is 23.2 Å². The summed E-state index contributed by atoms with van der Waals surface area (Å²) in [5, 5.41) is 4.31. The Hall–Kier alpha value is -0.440. The highest BCUT2D eigenvalue weighted by Crippen LogP contribution is 2.25. The van der Waals surface area contributed by atoms with Crippen LogP contribution in [0.25, 0.3) is 0 Å². The lowest BCUT2D eigenvalue weighted by atomic mass is 10.2. The Bertz CT molecular complexity index is 289. The van der Waals surface area contributed by atoms with Crippen LogP contribution in [0.2, 0.25) is 10.0 Å². The van der Waals surface area contributed by atoms with Gasteiger partial charge in [0, 0.05) is 18.3 Å². The van der Waals surface area contributed by atoms with Crippen molar-refractivity contribution in [3.05, 3.63) is 28.2 Å². The Morgan fingerprint density at radius 1 is 1.38 bits per heavy atom. The van der Waals surface area contributed by atoms with Gasteiger partial charge in [0.15, 0.2) is 0 Å². The van der Waals surface area contributed by atoms with Crippen molar-refractivity contribution >= 4 is 28.9 Å². The van der Waals surface area contributed by atoms with E-state index in [1.165, 1.54) is 0 Å². The topological polar surface area (TPSA) is 38.0 Å². The summed E-state index contributed by atoms with van der Waals surface area (Å²) in [6.07, 6.45) is 0. The predicted molar refractivity (Wildman–Crippen MR) is 58.6 cm³/mol. The van der Waals surface area contributed by atoms with Crippen molar-refractivity contribution in [3.8, 4) is 0 Å². The molecule has 0 aromatic heterocycles. The molecule has 0 heterocycles. The van der Waals surface area contributed by atoms with Crippen molar-refractivity contribution in [3.63, 3.8) is 0 Å². The highest BCUT2D eigenvalue weighted by molar-refractivity contribution is 6.42. The quantitative estimate of drug-likeness (QED) is 0.820. The zero-order valence-corrected chi connectivity index (χ0v) is 8.86. The molecule has 0 radical (unpaired) electrons. The summed E-state index contributed by atoms with van der Waals surface area (Å²) in [7, 11) is 0. The number of benzene rings is 1. The highest BCUT2D eigenvalue weighted by atomic mass is 35.5. The molecular formula is C9H12Cl2N2. The van der Waals surface area contributed by atoms with E-state index in [4.69, 9.17) is 28.9 Å². The van der Waals surface area contributed by atoms with E-state index in [1.54, 1.807) is 12.1 Å². The molecule has 0 saturated heterocycles. The van der Waals surface area contributed by atoms with E-state index in [1.807, 2.05) is 13.0 Å². The van der Waals surface area contributed by atoms with Crippen LogP contribution in [0.15, 0.2) is 18.2 Å². The van der Waals surface area contributed by atoms with E-state index in [-0.39, 0.29) is 6.04 Å². The first kappa shape index (κ1) is 10.6. The van der Waals surface area contributed by atoms with E-state index < -0.39 is 0 Å². The molecule has 4 heteroatoms. The van der Waals surface area contributed by atoms with Crippen LogP contribution in [-0.2, 0) is 0 Å². The molecule has 0 fully saturated rings. The van der Waals surface area contributed by atoms with E-state index >= 15 is 0 Å². The average Bonchev–Trinajstić information content (AvgIpc) is 2.11. The van der Waals surface area contributed by atoms with Crippen LogP contribution in [0.1, 0.15) is 6.92 Å². The van der Waals surface area contributed by atoms with E-state index in [2.05, 4.69) is 5.32 Å². The van der Waals surface area contributed by atoms with Crippen molar-refractivity contribution in [1.82, 2.24) is 0 Å². The number of rotatable bonds is 3. The Morgan fingerprint density at radius 3 is 2.62 bits per heavy atom. The molecule has 1 aromatic carbocycles. The van der Waals surface area contributed by atoms with Crippen molar-refractivity contribution < 1.29 is 0 Å². The molecule has 72 valence electrons. The lowest BCUT2D eigenvalue weighted by Crippen LogP contribution is -2.25. The van der Waals surface area contributed by atoms with Gasteiger partial charge in [-0.25, -0.2) is 0 Å². The van der Waals surface area contributed by atoms with E-state index in [9.17, 15) is 0 Å². The van der Waals surface area contributed by atoms with Crippen LogP contribution in [0.5, 0.6) is 0 Å². The first-order chi connectivity index (χ1) is 6.13. The molecule has 0 saturated carbocycles. The predicted octanol–water partition coefficient (Wildman–Crippen LogP) is 2.75. The normalized spacial score (nSPS) is 12.6. The Balaban J connectivity index is 2.73. The summed E-state index contributed by atoms with van der Waals surface area (Å²) >= 11 is 11.6. The molecule has 1 atom stereocenters. The molecule has 0 spiro atoms. The summed E-state index contributed by atoms with van der Waals surface area (Å²) in [4.78, 5) is 0. The van der Waals surface area contributed by atoms with Gasteiger partial charge >= 0.3 is 0 Å². The van der Waals surface area contributed by atoms with Gasteiger partial charge in [0.05, 0.1) is 10.0 Å². The van der Waals surface area contributed by atoms with Crippen LogP contribution in [0, 0.1) is 0 Å². The van der Waals surface area contributed by atoms with Gasteiger partial charge in [-0.3, -0.25) is 0 Å². The van der Waals surface area contributed by atoms with Gasteiger partial charge in [-0.1, -0.05) is 23.2 Å². The van der Waals surface area contributed by atoms with Gasteiger partial charge in [0.1, 0.15) is 0 Å². The lowest BCUT2D eigenvalue weighted by molar-refractivity contribution is 0.804. The largest absolute Gasteiger partial charge is 0.381 e. The highest BCUT2D eigenvalue weighted by Gasteiger charge is 2.01. The van der Waals surface area contributed by atoms with Crippen LogP contribution in [0.3, 0.4) is 0 Å². The maximum atomic E-state index is 5.84. The summed E-state index contributed by atoms with van der Waals surface area (Å²) in [6.45, 7) is 2.59. The molecule has 0 aliphatic carbocycles. The second-order valence-electron chi connectivity index (χ2n) is 2.91. The van der Waals surface area contributed by atoms with Gasteiger partial charge in [-0.05, 0) is 25.1 Å². The Kier molecular flexibility index (Phi) is 3.85. The molecule has 13 heavy (non-hydrogen) atoms. The number of anilines is 1. The van der Waals surface area contributed by atoms with Gasteiger partial charge in [0.25, 0.3) is 0 Å². The fourth-order valence-corrected chi connectivity index (χ4v) is 1.23. The molecule has 3 N–H and O–H groups in total. The molecule has 0 amide bonds. The minimum absolute atomic E-state index is 0.234. The van der Waals surface area contributed by atoms with E-state index in [0.717, 1.165) is 5.69 Å². The van der Waals surface area contributed by atoms with Gasteiger partial charge in [0.2, 0.25) is 0 Å². The Morgan fingerprint density at radius 2 is 2.08 bits per heavy atom. The first-order valence-corrected chi connectivity index (χ1v) is 4.80. The molecular weight excluding hydrogens is 207 g/mol. The number of hydrogen-bond acceptors (Lipinski definition) is 2. The van der Waals surface area contributed by atoms with Gasteiger partial charge in [-0.15, -0.1) is 0 Å². The van der Waals surface area contributed by atoms with Gasteiger partial charge in [-0.2, -0.15) is 0 Å². The third kappa shape index (κ3) is 3.07. The number of nitrogens with one attached hydrogen (secondary N) is 1.